The van der Waals surface area contributed by atoms with E-state index in [9.17, 15) is 13.2 Å². The number of halogens is 1. The first kappa shape index (κ1) is 19.9. The van der Waals surface area contributed by atoms with E-state index in [2.05, 4.69) is 5.32 Å². The van der Waals surface area contributed by atoms with Gasteiger partial charge >= 0.3 is 0 Å². The number of anilines is 2. The number of carbonyl (C=O) groups excluding carboxylic acids is 1. The van der Waals surface area contributed by atoms with Crippen molar-refractivity contribution in [3.8, 4) is 11.5 Å². The number of nitrogens with zero attached hydrogens (tertiary/aromatic N) is 1. The number of ether oxygens (including phenoxy) is 2. The minimum atomic E-state index is -3.75. The van der Waals surface area contributed by atoms with E-state index < -0.39 is 22.5 Å². The summed E-state index contributed by atoms with van der Waals surface area (Å²) in [6, 6.07) is 11.3. The molecule has 0 radical (unpaired) electrons. The molecule has 0 saturated carbocycles. The van der Waals surface area contributed by atoms with E-state index in [-0.39, 0.29) is 11.4 Å². The van der Waals surface area contributed by atoms with E-state index in [0.29, 0.717) is 16.5 Å². The molecule has 1 N–H and O–H groups in total. The van der Waals surface area contributed by atoms with Crippen LogP contribution in [0.25, 0.3) is 0 Å². The Bertz CT molecular complexity index is 902. The molecule has 0 unspecified atom stereocenters. The van der Waals surface area contributed by atoms with Crippen LogP contribution in [0, 0.1) is 0 Å². The second kappa shape index (κ2) is 8.29. The van der Waals surface area contributed by atoms with Gasteiger partial charge in [-0.15, -0.1) is 0 Å². The molecular weight excluding hydrogens is 380 g/mol. The van der Waals surface area contributed by atoms with Crippen LogP contribution >= 0.6 is 11.6 Å². The van der Waals surface area contributed by atoms with Gasteiger partial charge in [0.25, 0.3) is 0 Å². The quantitative estimate of drug-likeness (QED) is 0.775. The van der Waals surface area contributed by atoms with Crippen molar-refractivity contribution >= 4 is 38.9 Å². The fourth-order valence-electron chi connectivity index (χ4n) is 2.25. The SMILES string of the molecule is COc1ccc(N(CC(=O)Nc2ccccc2Cl)S(C)(=O)=O)c(OC)c1. The van der Waals surface area contributed by atoms with Gasteiger partial charge in [0, 0.05) is 6.07 Å². The van der Waals surface area contributed by atoms with Crippen molar-refractivity contribution in [3.63, 3.8) is 0 Å². The van der Waals surface area contributed by atoms with Crippen molar-refractivity contribution in [2.75, 3.05) is 36.6 Å². The van der Waals surface area contributed by atoms with Crippen molar-refractivity contribution in [3.05, 3.63) is 47.5 Å². The van der Waals surface area contributed by atoms with Gasteiger partial charge in [0.2, 0.25) is 15.9 Å². The third-order valence-corrected chi connectivity index (χ3v) is 4.95. The van der Waals surface area contributed by atoms with Gasteiger partial charge in [0.1, 0.15) is 18.0 Å². The first-order valence-corrected chi connectivity index (χ1v) is 9.73. The molecule has 9 heteroatoms. The highest BCUT2D eigenvalue weighted by Gasteiger charge is 2.24. The highest BCUT2D eigenvalue weighted by Crippen LogP contribution is 2.33. The number of para-hydroxylation sites is 1. The van der Waals surface area contributed by atoms with E-state index in [1.807, 2.05) is 0 Å². The average Bonchev–Trinajstić information content (AvgIpc) is 2.60. The summed E-state index contributed by atoms with van der Waals surface area (Å²) >= 11 is 6.01. The highest BCUT2D eigenvalue weighted by molar-refractivity contribution is 7.92. The summed E-state index contributed by atoms with van der Waals surface area (Å²) in [5, 5.41) is 2.96. The van der Waals surface area contributed by atoms with Crippen LogP contribution in [-0.2, 0) is 14.8 Å². The highest BCUT2D eigenvalue weighted by atomic mass is 35.5. The minimum absolute atomic E-state index is 0.227. The molecular formula is C17H19ClN2O5S. The Labute approximate surface area is 157 Å². The third kappa shape index (κ3) is 4.80. The lowest BCUT2D eigenvalue weighted by Crippen LogP contribution is -2.37. The monoisotopic (exact) mass is 398 g/mol. The number of benzene rings is 2. The molecule has 0 aliphatic heterocycles. The fraction of sp³-hybridized carbons (Fsp3) is 0.235. The molecule has 0 aliphatic carbocycles. The lowest BCUT2D eigenvalue weighted by molar-refractivity contribution is -0.114. The Kier molecular flexibility index (Phi) is 6.33. The Morgan fingerprint density at radius 1 is 1.15 bits per heavy atom. The molecule has 0 atom stereocenters. The minimum Gasteiger partial charge on any atom is -0.497 e. The first-order chi connectivity index (χ1) is 12.3. The molecule has 2 aromatic rings. The van der Waals surface area contributed by atoms with Crippen molar-refractivity contribution in [2.24, 2.45) is 0 Å². The summed E-state index contributed by atoms with van der Waals surface area (Å²) in [6.07, 6.45) is 1.01. The Morgan fingerprint density at radius 3 is 2.42 bits per heavy atom. The molecule has 26 heavy (non-hydrogen) atoms. The fourth-order valence-corrected chi connectivity index (χ4v) is 3.30. The first-order valence-electron chi connectivity index (χ1n) is 7.50. The summed E-state index contributed by atoms with van der Waals surface area (Å²) in [6.45, 7) is -0.438. The van der Waals surface area contributed by atoms with Gasteiger partial charge in [-0.1, -0.05) is 23.7 Å². The van der Waals surface area contributed by atoms with Crippen molar-refractivity contribution < 1.29 is 22.7 Å². The summed E-state index contributed by atoms with van der Waals surface area (Å²) < 4.78 is 35.8. The maximum atomic E-state index is 12.4. The van der Waals surface area contributed by atoms with Gasteiger partial charge in [-0.3, -0.25) is 9.10 Å². The van der Waals surface area contributed by atoms with Gasteiger partial charge < -0.3 is 14.8 Å². The van der Waals surface area contributed by atoms with Crippen molar-refractivity contribution in [1.82, 2.24) is 0 Å². The number of nitrogens with one attached hydrogen (secondary N) is 1. The van der Waals surface area contributed by atoms with Crippen LogP contribution in [0.3, 0.4) is 0 Å². The number of hydrogen-bond donors (Lipinski definition) is 1. The zero-order chi connectivity index (χ0) is 19.3. The lowest BCUT2D eigenvalue weighted by Gasteiger charge is -2.24. The van der Waals surface area contributed by atoms with Crippen molar-refractivity contribution in [1.29, 1.82) is 0 Å². The topological polar surface area (TPSA) is 84.9 Å². The molecule has 2 aromatic carbocycles. The predicted molar refractivity (Wildman–Crippen MR) is 102 cm³/mol. The molecule has 0 spiro atoms. The van der Waals surface area contributed by atoms with E-state index in [1.54, 1.807) is 36.4 Å². The number of hydrogen-bond acceptors (Lipinski definition) is 5. The van der Waals surface area contributed by atoms with Gasteiger partial charge in [-0.25, -0.2) is 8.42 Å². The second-order valence-corrected chi connectivity index (χ2v) is 7.65. The van der Waals surface area contributed by atoms with E-state index in [4.69, 9.17) is 21.1 Å². The van der Waals surface area contributed by atoms with Crippen LogP contribution in [0.4, 0.5) is 11.4 Å². The summed E-state index contributed by atoms with van der Waals surface area (Å²) in [5.41, 5.74) is 0.624. The molecule has 0 fully saturated rings. The summed E-state index contributed by atoms with van der Waals surface area (Å²) in [5.74, 6) is 0.223. The van der Waals surface area contributed by atoms with E-state index in [0.717, 1.165) is 10.6 Å². The Balaban J connectivity index is 2.32. The third-order valence-electron chi connectivity index (χ3n) is 3.49. The van der Waals surface area contributed by atoms with Crippen molar-refractivity contribution in [2.45, 2.75) is 0 Å². The van der Waals surface area contributed by atoms with Crippen LogP contribution in [-0.4, -0.2) is 41.3 Å². The normalized spacial score (nSPS) is 10.9. The molecule has 0 saturated heterocycles. The number of amides is 1. The van der Waals surface area contributed by atoms with E-state index in [1.165, 1.54) is 20.3 Å². The van der Waals surface area contributed by atoms with Crippen LogP contribution < -0.4 is 19.1 Å². The predicted octanol–water partition coefficient (Wildman–Crippen LogP) is 2.76. The molecule has 140 valence electrons. The maximum Gasteiger partial charge on any atom is 0.245 e. The molecule has 0 aliphatic rings. The maximum absolute atomic E-state index is 12.4. The largest absolute Gasteiger partial charge is 0.497 e. The van der Waals surface area contributed by atoms with Gasteiger partial charge in [-0.2, -0.15) is 0 Å². The number of methoxy groups -OCH3 is 2. The van der Waals surface area contributed by atoms with Gasteiger partial charge in [-0.05, 0) is 24.3 Å². The molecule has 1 amide bonds. The molecule has 0 heterocycles. The summed E-state index contributed by atoms with van der Waals surface area (Å²) in [4.78, 5) is 12.4. The second-order valence-electron chi connectivity index (χ2n) is 5.34. The lowest BCUT2D eigenvalue weighted by atomic mass is 10.2. The molecule has 0 aromatic heterocycles. The zero-order valence-electron chi connectivity index (χ0n) is 14.5. The number of rotatable bonds is 7. The Hall–Kier alpha value is -2.45. The number of sulfonamides is 1. The van der Waals surface area contributed by atoms with Crippen LogP contribution in [0.2, 0.25) is 5.02 Å². The van der Waals surface area contributed by atoms with E-state index >= 15 is 0 Å². The van der Waals surface area contributed by atoms with Crippen LogP contribution in [0.15, 0.2) is 42.5 Å². The zero-order valence-corrected chi connectivity index (χ0v) is 16.1. The average molecular weight is 399 g/mol. The smallest absolute Gasteiger partial charge is 0.245 e. The van der Waals surface area contributed by atoms with Gasteiger partial charge in [0.15, 0.2) is 0 Å². The van der Waals surface area contributed by atoms with Crippen LogP contribution in [0.1, 0.15) is 0 Å². The van der Waals surface area contributed by atoms with Crippen LogP contribution in [0.5, 0.6) is 11.5 Å². The standard InChI is InChI=1S/C17H19ClN2O5S/c1-24-12-8-9-15(16(10-12)25-2)20(26(3,22)23)11-17(21)19-14-7-5-4-6-13(14)18/h4-10H,11H2,1-3H3,(H,19,21). The Morgan fingerprint density at radius 2 is 1.85 bits per heavy atom. The summed E-state index contributed by atoms with van der Waals surface area (Å²) in [7, 11) is -0.858. The molecule has 2 rings (SSSR count). The van der Waals surface area contributed by atoms with Gasteiger partial charge in [0.05, 0.1) is 36.9 Å². The molecule has 7 nitrogen and oxygen atoms in total. The molecule has 0 bridgehead atoms. The number of carbonyl (C=O) groups is 1.